The Morgan fingerprint density at radius 1 is 1.23 bits per heavy atom. The number of methoxy groups -OCH3 is 1. The smallest absolute Gasteiger partial charge is 0.354 e. The number of hydrogen-bond donors (Lipinski definition) is 2. The number of aliphatic imine (C=N–C) groups is 1. The lowest BCUT2D eigenvalue weighted by Crippen LogP contribution is -2.37. The van der Waals surface area contributed by atoms with Crippen LogP contribution in [0.4, 0.5) is 14.5 Å². The molecule has 31 heavy (non-hydrogen) atoms. The summed E-state index contributed by atoms with van der Waals surface area (Å²) in [6.45, 7) is 0. The highest BCUT2D eigenvalue weighted by molar-refractivity contribution is 5.98. The number of halogens is 2. The van der Waals surface area contributed by atoms with E-state index in [9.17, 15) is 18.4 Å². The summed E-state index contributed by atoms with van der Waals surface area (Å²) in [5.41, 5.74) is 6.81. The Morgan fingerprint density at radius 3 is 2.71 bits per heavy atom. The number of guanidine groups is 1. The molecule has 0 fully saturated rings. The van der Waals surface area contributed by atoms with E-state index in [2.05, 4.69) is 20.0 Å². The summed E-state index contributed by atoms with van der Waals surface area (Å²) in [7, 11) is 2.90. The lowest BCUT2D eigenvalue weighted by Gasteiger charge is -2.08. The van der Waals surface area contributed by atoms with Crippen LogP contribution < -0.4 is 11.1 Å². The molecule has 1 amide bonds. The third-order valence-corrected chi connectivity index (χ3v) is 4.35. The van der Waals surface area contributed by atoms with Crippen molar-refractivity contribution in [3.8, 4) is 11.1 Å². The third-order valence-electron chi connectivity index (χ3n) is 4.35. The fourth-order valence-electron chi connectivity index (χ4n) is 2.93. The zero-order chi connectivity index (χ0) is 22.5. The van der Waals surface area contributed by atoms with Crippen LogP contribution in [0.25, 0.3) is 11.1 Å². The molecule has 8 nitrogen and oxygen atoms in total. The first kappa shape index (κ1) is 21.6. The monoisotopic (exact) mass is 427 g/mol. The van der Waals surface area contributed by atoms with Gasteiger partial charge in [0.2, 0.25) is 17.8 Å². The summed E-state index contributed by atoms with van der Waals surface area (Å²) in [4.78, 5) is 31.5. The average molecular weight is 427 g/mol. The molecule has 3 rings (SSSR count). The average Bonchev–Trinajstić information content (AvgIpc) is 3.09. The van der Waals surface area contributed by atoms with Gasteiger partial charge < -0.3 is 15.0 Å². The van der Waals surface area contributed by atoms with Crippen molar-refractivity contribution in [1.29, 1.82) is 0 Å². The molecule has 2 heterocycles. The van der Waals surface area contributed by atoms with Gasteiger partial charge in [0.15, 0.2) is 0 Å². The van der Waals surface area contributed by atoms with Crippen molar-refractivity contribution in [2.45, 2.75) is 6.42 Å². The van der Waals surface area contributed by atoms with Gasteiger partial charge in [-0.15, -0.1) is 0 Å². The molecule has 0 saturated carbocycles. The van der Waals surface area contributed by atoms with E-state index in [1.54, 1.807) is 13.2 Å². The van der Waals surface area contributed by atoms with Gasteiger partial charge in [0, 0.05) is 30.6 Å². The molecule has 0 bridgehead atoms. The zero-order valence-corrected chi connectivity index (χ0v) is 16.7. The first-order chi connectivity index (χ1) is 14.8. The second-order valence-electron chi connectivity index (χ2n) is 6.56. The Bertz CT molecular complexity index is 1170. The summed E-state index contributed by atoms with van der Waals surface area (Å²) in [5, 5.41) is 2.42. The maximum absolute atomic E-state index is 14.2. The first-order valence-corrected chi connectivity index (χ1v) is 9.06. The number of nitrogens with one attached hydrogen (secondary N) is 1. The van der Waals surface area contributed by atoms with E-state index in [1.807, 2.05) is 0 Å². The molecule has 10 heteroatoms. The summed E-state index contributed by atoms with van der Waals surface area (Å²) in [6.07, 6.45) is 2.66. The molecule has 0 atom stereocenters. The van der Waals surface area contributed by atoms with E-state index in [0.29, 0.717) is 11.3 Å². The maximum Gasteiger partial charge on any atom is 0.354 e. The molecular weight excluding hydrogens is 408 g/mol. The number of pyridine rings is 1. The van der Waals surface area contributed by atoms with Gasteiger partial charge in [0.1, 0.15) is 11.5 Å². The van der Waals surface area contributed by atoms with Crippen molar-refractivity contribution in [3.63, 3.8) is 0 Å². The molecule has 0 spiro atoms. The number of nitrogens with two attached hydrogens (primary N) is 1. The quantitative estimate of drug-likeness (QED) is 0.281. The predicted molar refractivity (Wildman–Crippen MR) is 109 cm³/mol. The van der Waals surface area contributed by atoms with Crippen molar-refractivity contribution < 1.29 is 23.1 Å². The van der Waals surface area contributed by atoms with Gasteiger partial charge in [-0.25, -0.2) is 19.2 Å². The van der Waals surface area contributed by atoms with E-state index < -0.39 is 23.6 Å². The normalized spacial score (nSPS) is 11.3. The number of carbonyl (C=O) groups is 2. The second-order valence-corrected chi connectivity index (χ2v) is 6.56. The van der Waals surface area contributed by atoms with Crippen molar-refractivity contribution >= 4 is 23.5 Å². The molecule has 160 valence electrons. The van der Waals surface area contributed by atoms with Crippen LogP contribution in [0.5, 0.6) is 0 Å². The number of ether oxygens (including phenoxy) is 1. The third kappa shape index (κ3) is 5.10. The van der Waals surface area contributed by atoms with Gasteiger partial charge in [-0.05, 0) is 35.9 Å². The number of amides is 1. The van der Waals surface area contributed by atoms with Crippen LogP contribution in [0, 0.1) is 11.8 Å². The number of carbonyl (C=O) groups excluding carboxylic acids is 2. The molecule has 0 aliphatic carbocycles. The molecule has 0 unspecified atom stereocenters. The highest BCUT2D eigenvalue weighted by Crippen LogP contribution is 2.25. The van der Waals surface area contributed by atoms with E-state index >= 15 is 0 Å². The molecule has 2 aromatic heterocycles. The summed E-state index contributed by atoms with van der Waals surface area (Å²) in [5.74, 6) is -2.68. The van der Waals surface area contributed by atoms with Gasteiger partial charge in [-0.3, -0.25) is 10.1 Å². The number of nitrogens with zero attached hydrogens (tertiary/aromatic N) is 3. The number of rotatable bonds is 5. The molecular formula is C21H19F2N5O3. The lowest BCUT2D eigenvalue weighted by atomic mass is 10.0. The van der Waals surface area contributed by atoms with Crippen molar-refractivity contribution in [1.82, 2.24) is 14.9 Å². The summed E-state index contributed by atoms with van der Waals surface area (Å²) < 4.78 is 34.3. The Hall–Kier alpha value is -4.08. The lowest BCUT2D eigenvalue weighted by molar-refractivity contribution is -0.119. The van der Waals surface area contributed by atoms with Gasteiger partial charge in [0.05, 0.1) is 19.2 Å². The van der Waals surface area contributed by atoms with Crippen molar-refractivity contribution in [2.75, 3.05) is 7.11 Å². The Kier molecular flexibility index (Phi) is 6.39. The Labute approximate surface area is 176 Å². The number of hydrogen-bond acceptors (Lipinski definition) is 5. The SMILES string of the molecule is COC(=O)c1cc(N=C(N)NC(=O)Cc2ccc(F)c(-c3cccnc3F)c2)cn1C. The molecule has 0 aliphatic rings. The number of esters is 1. The van der Waals surface area contributed by atoms with Gasteiger partial charge in [-0.1, -0.05) is 6.07 Å². The van der Waals surface area contributed by atoms with Crippen LogP contribution >= 0.6 is 0 Å². The largest absolute Gasteiger partial charge is 0.464 e. The topological polar surface area (TPSA) is 112 Å². The van der Waals surface area contributed by atoms with Crippen LogP contribution in [-0.4, -0.2) is 34.5 Å². The Balaban J connectivity index is 1.72. The summed E-state index contributed by atoms with van der Waals surface area (Å²) in [6, 6.07) is 8.29. The van der Waals surface area contributed by atoms with Gasteiger partial charge >= 0.3 is 5.97 Å². The van der Waals surface area contributed by atoms with Crippen LogP contribution in [0.3, 0.4) is 0 Å². The summed E-state index contributed by atoms with van der Waals surface area (Å²) >= 11 is 0. The van der Waals surface area contributed by atoms with E-state index in [-0.39, 0.29) is 29.2 Å². The Morgan fingerprint density at radius 2 is 2.00 bits per heavy atom. The van der Waals surface area contributed by atoms with Crippen LogP contribution in [0.15, 0.2) is 53.8 Å². The maximum atomic E-state index is 14.2. The number of aromatic nitrogens is 2. The standard InChI is InChI=1S/C21H19F2N5O3/c1-28-11-13(10-17(28)20(30)31-2)26-21(24)27-18(29)9-12-5-6-16(22)15(8-12)14-4-3-7-25-19(14)23/h3-8,10-11H,9H2,1-2H3,(H3,24,26,27,29). The number of benzene rings is 1. The second kappa shape index (κ2) is 9.16. The molecule has 0 radical (unpaired) electrons. The fraction of sp³-hybridized carbons (Fsp3) is 0.143. The highest BCUT2D eigenvalue weighted by atomic mass is 19.1. The minimum atomic E-state index is -0.812. The van der Waals surface area contributed by atoms with Gasteiger partial charge in [-0.2, -0.15) is 4.39 Å². The minimum absolute atomic E-state index is 0.00263. The first-order valence-electron chi connectivity index (χ1n) is 9.06. The molecule has 0 saturated heterocycles. The van der Waals surface area contributed by atoms with Crippen molar-refractivity contribution in [3.05, 3.63) is 71.8 Å². The zero-order valence-electron chi connectivity index (χ0n) is 16.7. The van der Waals surface area contributed by atoms with E-state index in [0.717, 1.165) is 6.07 Å². The number of aryl methyl sites for hydroxylation is 1. The highest BCUT2D eigenvalue weighted by Gasteiger charge is 2.14. The minimum Gasteiger partial charge on any atom is -0.464 e. The predicted octanol–water partition coefficient (Wildman–Crippen LogP) is 2.46. The van der Waals surface area contributed by atoms with Crippen LogP contribution in [0.2, 0.25) is 0 Å². The van der Waals surface area contributed by atoms with Crippen LogP contribution in [-0.2, 0) is 23.0 Å². The van der Waals surface area contributed by atoms with Crippen molar-refractivity contribution in [2.24, 2.45) is 17.8 Å². The fourth-order valence-corrected chi connectivity index (χ4v) is 2.93. The molecule has 3 N–H and O–H groups in total. The molecule has 1 aromatic carbocycles. The van der Waals surface area contributed by atoms with Gasteiger partial charge in [0.25, 0.3) is 0 Å². The van der Waals surface area contributed by atoms with E-state index in [4.69, 9.17) is 5.73 Å². The molecule has 3 aromatic rings. The van der Waals surface area contributed by atoms with Crippen LogP contribution in [0.1, 0.15) is 16.1 Å². The van der Waals surface area contributed by atoms with E-state index in [1.165, 1.54) is 48.2 Å². The molecule has 0 aliphatic heterocycles.